The first-order valence-electron chi connectivity index (χ1n) is 6.60. The van der Waals surface area contributed by atoms with E-state index in [1.807, 2.05) is 0 Å². The largest absolute Gasteiger partial charge is 0.379 e. The predicted molar refractivity (Wildman–Crippen MR) is 66.4 cm³/mol. The van der Waals surface area contributed by atoms with E-state index in [2.05, 4.69) is 20.8 Å². The Balaban J connectivity index is 2.19. The minimum Gasteiger partial charge on any atom is -0.379 e. The Kier molecular flexibility index (Phi) is 6.32. The van der Waals surface area contributed by atoms with Crippen LogP contribution in [0.2, 0.25) is 0 Å². The molecular weight excluding hydrogens is 202 g/mol. The molecule has 0 radical (unpaired) electrons. The van der Waals surface area contributed by atoms with E-state index in [4.69, 9.17) is 15.2 Å². The molecule has 0 spiro atoms. The molecule has 0 amide bonds. The highest BCUT2D eigenvalue weighted by Crippen LogP contribution is 2.29. The Morgan fingerprint density at radius 1 is 1.12 bits per heavy atom. The highest BCUT2D eigenvalue weighted by atomic mass is 16.5. The van der Waals surface area contributed by atoms with E-state index in [9.17, 15) is 0 Å². The third kappa shape index (κ3) is 4.40. The second kappa shape index (κ2) is 7.25. The van der Waals surface area contributed by atoms with E-state index in [-0.39, 0.29) is 12.1 Å². The van der Waals surface area contributed by atoms with Gasteiger partial charge in [-0.1, -0.05) is 20.8 Å². The van der Waals surface area contributed by atoms with Gasteiger partial charge in [0.2, 0.25) is 0 Å². The van der Waals surface area contributed by atoms with Crippen molar-refractivity contribution >= 4 is 0 Å². The van der Waals surface area contributed by atoms with Gasteiger partial charge < -0.3 is 15.2 Å². The van der Waals surface area contributed by atoms with E-state index in [1.54, 1.807) is 0 Å². The molecular formula is C13H27NO2. The molecule has 0 bridgehead atoms. The van der Waals surface area contributed by atoms with E-state index in [0.717, 1.165) is 25.4 Å². The summed E-state index contributed by atoms with van der Waals surface area (Å²) in [6.07, 6.45) is 3.61. The van der Waals surface area contributed by atoms with Crippen molar-refractivity contribution in [2.24, 2.45) is 17.6 Å². The van der Waals surface area contributed by atoms with Gasteiger partial charge in [-0.25, -0.2) is 0 Å². The zero-order chi connectivity index (χ0) is 12.0. The van der Waals surface area contributed by atoms with Crippen LogP contribution in [0.5, 0.6) is 0 Å². The molecule has 0 aromatic rings. The van der Waals surface area contributed by atoms with Gasteiger partial charge in [-0.05, 0) is 31.1 Å². The number of rotatable bonds is 6. The normalized spacial score (nSPS) is 35.2. The van der Waals surface area contributed by atoms with E-state index >= 15 is 0 Å². The molecule has 4 unspecified atom stereocenters. The predicted octanol–water partition coefficient (Wildman–Crippen LogP) is 2.19. The van der Waals surface area contributed by atoms with Crippen LogP contribution in [0.1, 0.15) is 40.0 Å². The Hall–Kier alpha value is -0.120. The van der Waals surface area contributed by atoms with E-state index < -0.39 is 0 Å². The van der Waals surface area contributed by atoms with Crippen LogP contribution in [0.15, 0.2) is 0 Å². The zero-order valence-corrected chi connectivity index (χ0v) is 10.9. The minimum absolute atomic E-state index is 0.199. The summed E-state index contributed by atoms with van der Waals surface area (Å²) in [5.41, 5.74) is 6.13. The minimum atomic E-state index is 0.199. The van der Waals surface area contributed by atoms with Gasteiger partial charge in [0.1, 0.15) is 0 Å². The van der Waals surface area contributed by atoms with E-state index in [1.165, 1.54) is 6.42 Å². The summed E-state index contributed by atoms with van der Waals surface area (Å²) in [4.78, 5) is 0. The Morgan fingerprint density at radius 2 is 1.88 bits per heavy atom. The molecule has 0 aromatic heterocycles. The number of ether oxygens (including phenoxy) is 2. The van der Waals surface area contributed by atoms with Crippen LogP contribution in [-0.4, -0.2) is 32.0 Å². The van der Waals surface area contributed by atoms with Crippen molar-refractivity contribution in [1.82, 2.24) is 0 Å². The zero-order valence-electron chi connectivity index (χ0n) is 10.9. The van der Waals surface area contributed by atoms with Gasteiger partial charge in [0.15, 0.2) is 0 Å². The van der Waals surface area contributed by atoms with Gasteiger partial charge in [-0.2, -0.15) is 0 Å². The molecule has 0 saturated heterocycles. The molecule has 2 N–H and O–H groups in total. The van der Waals surface area contributed by atoms with Crippen LogP contribution in [-0.2, 0) is 9.47 Å². The lowest BCUT2D eigenvalue weighted by atomic mass is 9.78. The standard InChI is InChI=1S/C13H27NO2/c1-4-5-15-6-7-16-13-11(3)8-10(2)9-12(13)14/h10-13H,4-9,14H2,1-3H3. The molecule has 96 valence electrons. The van der Waals surface area contributed by atoms with Crippen molar-refractivity contribution in [2.75, 3.05) is 19.8 Å². The lowest BCUT2D eigenvalue weighted by molar-refractivity contribution is -0.0503. The average Bonchev–Trinajstić information content (AvgIpc) is 2.20. The quantitative estimate of drug-likeness (QED) is 0.710. The van der Waals surface area contributed by atoms with Gasteiger partial charge in [0.05, 0.1) is 19.3 Å². The van der Waals surface area contributed by atoms with Crippen molar-refractivity contribution in [2.45, 2.75) is 52.2 Å². The third-order valence-corrected chi connectivity index (χ3v) is 3.32. The first-order valence-corrected chi connectivity index (χ1v) is 6.60. The summed E-state index contributed by atoms with van der Waals surface area (Å²) in [6, 6.07) is 0.199. The summed E-state index contributed by atoms with van der Waals surface area (Å²) in [7, 11) is 0. The maximum absolute atomic E-state index is 6.13. The second-order valence-corrected chi connectivity index (χ2v) is 5.17. The van der Waals surface area contributed by atoms with Gasteiger partial charge in [0.25, 0.3) is 0 Å². The first-order chi connectivity index (χ1) is 7.65. The molecule has 3 nitrogen and oxygen atoms in total. The number of hydrogen-bond donors (Lipinski definition) is 1. The molecule has 16 heavy (non-hydrogen) atoms. The lowest BCUT2D eigenvalue weighted by Gasteiger charge is -2.37. The lowest BCUT2D eigenvalue weighted by Crippen LogP contribution is -2.46. The van der Waals surface area contributed by atoms with Crippen LogP contribution in [0, 0.1) is 11.8 Å². The topological polar surface area (TPSA) is 44.5 Å². The number of nitrogens with two attached hydrogens (primary N) is 1. The first kappa shape index (κ1) is 13.9. The van der Waals surface area contributed by atoms with Crippen molar-refractivity contribution in [3.05, 3.63) is 0 Å². The fourth-order valence-corrected chi connectivity index (χ4v) is 2.66. The van der Waals surface area contributed by atoms with Crippen molar-refractivity contribution in [1.29, 1.82) is 0 Å². The van der Waals surface area contributed by atoms with Gasteiger partial charge in [-0.15, -0.1) is 0 Å². The molecule has 0 heterocycles. The average molecular weight is 229 g/mol. The summed E-state index contributed by atoms with van der Waals surface area (Å²) < 4.78 is 11.3. The molecule has 1 aliphatic carbocycles. The summed E-state index contributed by atoms with van der Waals surface area (Å²) >= 11 is 0. The van der Waals surface area contributed by atoms with Crippen LogP contribution in [0.25, 0.3) is 0 Å². The third-order valence-electron chi connectivity index (χ3n) is 3.32. The Morgan fingerprint density at radius 3 is 2.50 bits per heavy atom. The van der Waals surface area contributed by atoms with Crippen molar-refractivity contribution < 1.29 is 9.47 Å². The Bertz CT molecular complexity index is 175. The molecule has 1 fully saturated rings. The van der Waals surface area contributed by atoms with Gasteiger partial charge >= 0.3 is 0 Å². The van der Waals surface area contributed by atoms with Crippen LogP contribution in [0.3, 0.4) is 0 Å². The van der Waals surface area contributed by atoms with Crippen molar-refractivity contribution in [3.8, 4) is 0 Å². The van der Waals surface area contributed by atoms with Gasteiger partial charge in [-0.3, -0.25) is 0 Å². The van der Waals surface area contributed by atoms with Crippen molar-refractivity contribution in [3.63, 3.8) is 0 Å². The Labute approximate surface area is 99.7 Å². The maximum Gasteiger partial charge on any atom is 0.0752 e. The van der Waals surface area contributed by atoms with Crippen LogP contribution in [0.4, 0.5) is 0 Å². The molecule has 1 saturated carbocycles. The molecule has 1 aliphatic rings. The van der Waals surface area contributed by atoms with E-state index in [0.29, 0.717) is 19.1 Å². The fraction of sp³-hybridized carbons (Fsp3) is 1.00. The number of hydrogen-bond acceptors (Lipinski definition) is 3. The van der Waals surface area contributed by atoms with Crippen LogP contribution < -0.4 is 5.73 Å². The summed E-state index contributed by atoms with van der Waals surface area (Å²) in [5.74, 6) is 1.31. The smallest absolute Gasteiger partial charge is 0.0752 e. The molecule has 0 aromatic carbocycles. The SMILES string of the molecule is CCCOCCOC1C(C)CC(C)CC1N. The molecule has 4 atom stereocenters. The van der Waals surface area contributed by atoms with Crippen LogP contribution >= 0.6 is 0 Å². The maximum atomic E-state index is 6.13. The monoisotopic (exact) mass is 229 g/mol. The second-order valence-electron chi connectivity index (χ2n) is 5.17. The summed E-state index contributed by atoms with van der Waals surface area (Å²) in [5, 5.41) is 0. The van der Waals surface area contributed by atoms with Gasteiger partial charge in [0, 0.05) is 12.6 Å². The molecule has 3 heteroatoms. The summed E-state index contributed by atoms with van der Waals surface area (Å²) in [6.45, 7) is 8.83. The molecule has 1 rings (SSSR count). The highest BCUT2D eigenvalue weighted by Gasteiger charge is 2.32. The molecule has 0 aliphatic heterocycles. The fourth-order valence-electron chi connectivity index (χ4n) is 2.66. The highest BCUT2D eigenvalue weighted by molar-refractivity contribution is 4.86.